The maximum Gasteiger partial charge on any atom is 0.341 e. The lowest BCUT2D eigenvalue weighted by Gasteiger charge is -2.34. The van der Waals surface area contributed by atoms with Crippen LogP contribution in [0.15, 0.2) is 48.5 Å². The topological polar surface area (TPSA) is 75.6 Å². The first kappa shape index (κ1) is 17.0. The van der Waals surface area contributed by atoms with Crippen molar-refractivity contribution < 1.29 is 19.4 Å². The van der Waals surface area contributed by atoms with E-state index in [1.54, 1.807) is 24.3 Å². The van der Waals surface area contributed by atoms with Gasteiger partial charge in [0.15, 0.2) is 6.61 Å². The molecule has 0 saturated heterocycles. The molecule has 2 N–H and O–H groups in total. The maximum absolute atomic E-state index is 13.0. The summed E-state index contributed by atoms with van der Waals surface area (Å²) in [5.74, 6) is -0.690. The molecule has 0 spiro atoms. The number of anilines is 1. The molecule has 1 unspecified atom stereocenters. The molecule has 0 bridgehead atoms. The van der Waals surface area contributed by atoms with Crippen LogP contribution in [0.4, 0.5) is 5.69 Å². The summed E-state index contributed by atoms with van der Waals surface area (Å²) >= 11 is 0. The average Bonchev–Trinajstić information content (AvgIpc) is 2.61. The molecule has 2 aromatic rings. The van der Waals surface area contributed by atoms with Crippen LogP contribution in [0.25, 0.3) is 0 Å². The number of carboxylic acid groups (broad SMARTS) is 1. The van der Waals surface area contributed by atoms with Crippen LogP contribution in [0.3, 0.4) is 0 Å². The van der Waals surface area contributed by atoms with E-state index in [0.717, 1.165) is 24.8 Å². The number of aryl methyl sites for hydroxylation is 1. The molecule has 1 amide bonds. The molecule has 0 radical (unpaired) electrons. The fraction of sp³-hybridized carbons (Fsp3) is 0.300. The fourth-order valence-corrected chi connectivity index (χ4v) is 3.36. The Morgan fingerprint density at radius 3 is 2.80 bits per heavy atom. The number of nitrogens with one attached hydrogen (secondary N) is 1. The monoisotopic (exact) mass is 339 g/mol. The van der Waals surface area contributed by atoms with Gasteiger partial charge in [0.25, 0.3) is 0 Å². The first-order valence-electron chi connectivity index (χ1n) is 8.33. The van der Waals surface area contributed by atoms with Crippen molar-refractivity contribution in [1.29, 1.82) is 0 Å². The second-order valence-electron chi connectivity index (χ2n) is 6.51. The van der Waals surface area contributed by atoms with Gasteiger partial charge in [-0.05, 0) is 49.4 Å². The SMILES string of the molecule is CC1(C(=O)Nc2cccc(OCC(=O)O)c2)CCCc2ccccc21. The fourth-order valence-electron chi connectivity index (χ4n) is 3.36. The summed E-state index contributed by atoms with van der Waals surface area (Å²) in [7, 11) is 0. The minimum Gasteiger partial charge on any atom is -0.482 e. The van der Waals surface area contributed by atoms with Crippen molar-refractivity contribution in [2.24, 2.45) is 0 Å². The highest BCUT2D eigenvalue weighted by atomic mass is 16.5. The third kappa shape index (κ3) is 3.65. The molecule has 1 aliphatic rings. The van der Waals surface area contributed by atoms with Crippen LogP contribution in [-0.4, -0.2) is 23.6 Å². The molecular weight excluding hydrogens is 318 g/mol. The largest absolute Gasteiger partial charge is 0.482 e. The molecule has 130 valence electrons. The summed E-state index contributed by atoms with van der Waals surface area (Å²) in [6, 6.07) is 14.9. The Balaban J connectivity index is 1.79. The molecule has 0 aliphatic heterocycles. The maximum atomic E-state index is 13.0. The number of aliphatic carboxylic acids is 1. The lowest BCUT2D eigenvalue weighted by Crippen LogP contribution is -2.40. The van der Waals surface area contributed by atoms with E-state index in [4.69, 9.17) is 9.84 Å². The molecule has 0 heterocycles. The number of ether oxygens (including phenoxy) is 1. The number of hydrogen-bond acceptors (Lipinski definition) is 3. The zero-order chi connectivity index (χ0) is 17.9. The Morgan fingerprint density at radius 2 is 2.00 bits per heavy atom. The minimum absolute atomic E-state index is 0.0602. The van der Waals surface area contributed by atoms with Gasteiger partial charge in [-0.1, -0.05) is 30.3 Å². The van der Waals surface area contributed by atoms with Crippen LogP contribution in [0.5, 0.6) is 5.75 Å². The minimum atomic E-state index is -1.04. The second kappa shape index (κ2) is 6.97. The van der Waals surface area contributed by atoms with E-state index in [0.29, 0.717) is 11.4 Å². The summed E-state index contributed by atoms with van der Waals surface area (Å²) in [5.41, 5.74) is 2.33. The van der Waals surface area contributed by atoms with Crippen molar-refractivity contribution in [2.45, 2.75) is 31.6 Å². The lowest BCUT2D eigenvalue weighted by atomic mass is 9.70. The summed E-state index contributed by atoms with van der Waals surface area (Å²) in [5, 5.41) is 11.6. The van der Waals surface area contributed by atoms with Crippen LogP contribution in [0.2, 0.25) is 0 Å². The van der Waals surface area contributed by atoms with E-state index < -0.39 is 18.0 Å². The van der Waals surface area contributed by atoms with Gasteiger partial charge in [-0.25, -0.2) is 4.79 Å². The first-order valence-corrected chi connectivity index (χ1v) is 8.33. The number of carboxylic acids is 1. The van der Waals surface area contributed by atoms with Crippen LogP contribution in [0, 0.1) is 0 Å². The first-order chi connectivity index (χ1) is 12.0. The molecule has 0 saturated carbocycles. The van der Waals surface area contributed by atoms with Crippen LogP contribution < -0.4 is 10.1 Å². The highest BCUT2D eigenvalue weighted by molar-refractivity contribution is 5.99. The second-order valence-corrected chi connectivity index (χ2v) is 6.51. The van der Waals surface area contributed by atoms with Crippen molar-refractivity contribution in [3.05, 3.63) is 59.7 Å². The van der Waals surface area contributed by atoms with Gasteiger partial charge in [0.2, 0.25) is 5.91 Å². The Bertz CT molecular complexity index is 802. The highest BCUT2D eigenvalue weighted by Gasteiger charge is 2.38. The molecule has 5 nitrogen and oxygen atoms in total. The standard InChI is InChI=1S/C20H21NO4/c1-20(11-5-7-14-6-2-3-10-17(14)20)19(24)21-15-8-4-9-16(12-15)25-13-18(22)23/h2-4,6,8-10,12H,5,7,11,13H2,1H3,(H,21,24)(H,22,23). The summed E-state index contributed by atoms with van der Waals surface area (Å²) in [4.78, 5) is 23.6. The van der Waals surface area contributed by atoms with Gasteiger partial charge in [0, 0.05) is 11.8 Å². The van der Waals surface area contributed by atoms with Gasteiger partial charge in [-0.3, -0.25) is 4.79 Å². The predicted molar refractivity (Wildman–Crippen MR) is 94.9 cm³/mol. The van der Waals surface area contributed by atoms with Gasteiger partial charge in [-0.15, -0.1) is 0 Å². The quantitative estimate of drug-likeness (QED) is 0.875. The van der Waals surface area contributed by atoms with E-state index in [1.165, 1.54) is 5.56 Å². The third-order valence-electron chi connectivity index (χ3n) is 4.69. The van der Waals surface area contributed by atoms with Crippen molar-refractivity contribution >= 4 is 17.6 Å². The Hall–Kier alpha value is -2.82. The van der Waals surface area contributed by atoms with Crippen LogP contribution >= 0.6 is 0 Å². The molecular formula is C20H21NO4. The molecule has 3 rings (SSSR count). The van der Waals surface area contributed by atoms with Crippen LogP contribution in [0.1, 0.15) is 30.9 Å². The smallest absolute Gasteiger partial charge is 0.341 e. The molecule has 0 fully saturated rings. The van der Waals surface area contributed by atoms with Gasteiger partial charge in [0.1, 0.15) is 5.75 Å². The molecule has 1 aliphatic carbocycles. The van der Waals surface area contributed by atoms with Crippen molar-refractivity contribution in [3.63, 3.8) is 0 Å². The number of carbonyl (C=O) groups is 2. The summed E-state index contributed by atoms with van der Waals surface area (Å²) in [6.45, 7) is 1.56. The molecule has 2 aromatic carbocycles. The van der Waals surface area contributed by atoms with E-state index in [9.17, 15) is 9.59 Å². The summed E-state index contributed by atoms with van der Waals surface area (Å²) in [6.07, 6.45) is 2.77. The van der Waals surface area contributed by atoms with E-state index in [2.05, 4.69) is 11.4 Å². The number of benzene rings is 2. The van der Waals surface area contributed by atoms with E-state index in [1.807, 2.05) is 25.1 Å². The number of carbonyl (C=O) groups excluding carboxylic acids is 1. The molecule has 0 aromatic heterocycles. The summed E-state index contributed by atoms with van der Waals surface area (Å²) < 4.78 is 5.17. The number of hydrogen-bond donors (Lipinski definition) is 2. The van der Waals surface area contributed by atoms with Crippen molar-refractivity contribution in [3.8, 4) is 5.75 Å². The van der Waals surface area contributed by atoms with Crippen molar-refractivity contribution in [1.82, 2.24) is 0 Å². The van der Waals surface area contributed by atoms with Crippen molar-refractivity contribution in [2.75, 3.05) is 11.9 Å². The molecule has 5 heteroatoms. The third-order valence-corrected chi connectivity index (χ3v) is 4.69. The van der Waals surface area contributed by atoms with E-state index >= 15 is 0 Å². The number of fused-ring (bicyclic) bond motifs is 1. The lowest BCUT2D eigenvalue weighted by molar-refractivity contribution is -0.139. The Morgan fingerprint density at radius 1 is 1.20 bits per heavy atom. The van der Waals surface area contributed by atoms with Gasteiger partial charge in [0.05, 0.1) is 5.41 Å². The number of amides is 1. The van der Waals surface area contributed by atoms with Gasteiger partial charge < -0.3 is 15.2 Å². The van der Waals surface area contributed by atoms with Gasteiger partial charge >= 0.3 is 5.97 Å². The Kier molecular flexibility index (Phi) is 4.74. The van der Waals surface area contributed by atoms with Crippen LogP contribution in [-0.2, 0) is 21.4 Å². The zero-order valence-electron chi connectivity index (χ0n) is 14.1. The normalized spacial score (nSPS) is 18.9. The molecule has 25 heavy (non-hydrogen) atoms. The number of rotatable bonds is 5. The highest BCUT2D eigenvalue weighted by Crippen LogP contribution is 2.38. The van der Waals surface area contributed by atoms with E-state index in [-0.39, 0.29) is 5.91 Å². The zero-order valence-corrected chi connectivity index (χ0v) is 14.1. The predicted octanol–water partition coefficient (Wildman–Crippen LogP) is 3.38. The Labute approximate surface area is 146 Å². The van der Waals surface area contributed by atoms with Gasteiger partial charge in [-0.2, -0.15) is 0 Å². The molecule has 1 atom stereocenters. The average molecular weight is 339 g/mol.